The van der Waals surface area contributed by atoms with E-state index in [4.69, 9.17) is 27.4 Å². The summed E-state index contributed by atoms with van der Waals surface area (Å²) in [5.41, 5.74) is 2.61. The lowest BCUT2D eigenvalue weighted by atomic mass is 10.1. The number of benzene rings is 2. The van der Waals surface area contributed by atoms with Crippen LogP contribution < -0.4 is 25.0 Å². The molecule has 166 valence electrons. The van der Waals surface area contributed by atoms with Gasteiger partial charge in [0.1, 0.15) is 5.75 Å². The number of hydrogen-bond donors (Lipinski definition) is 3. The Labute approximate surface area is 192 Å². The van der Waals surface area contributed by atoms with E-state index < -0.39 is 0 Å². The summed E-state index contributed by atoms with van der Waals surface area (Å²) in [7, 11) is 1.59. The van der Waals surface area contributed by atoms with Crippen molar-refractivity contribution in [3.63, 3.8) is 0 Å². The molecular formula is C24H25N3O4S. The number of aromatic nitrogens is 1. The number of ether oxygens (including phenoxy) is 1. The number of thiocarbonyl (C=S) groups is 1. The van der Waals surface area contributed by atoms with Crippen LogP contribution in [0.25, 0.3) is 11.5 Å². The van der Waals surface area contributed by atoms with E-state index >= 15 is 0 Å². The topological polar surface area (TPSA) is 91.9 Å². The predicted molar refractivity (Wildman–Crippen MR) is 126 cm³/mol. The number of nitrogens with one attached hydrogen (secondary N) is 1. The van der Waals surface area contributed by atoms with Crippen LogP contribution in [0.5, 0.6) is 5.75 Å². The summed E-state index contributed by atoms with van der Waals surface area (Å²) < 4.78 is 6.87. The van der Waals surface area contributed by atoms with Crippen molar-refractivity contribution in [2.45, 2.75) is 19.8 Å². The lowest BCUT2D eigenvalue weighted by molar-refractivity contribution is -0.577. The first-order valence-corrected chi connectivity index (χ1v) is 10.4. The zero-order chi connectivity index (χ0) is 23.3. The molecule has 32 heavy (non-hydrogen) atoms. The van der Waals surface area contributed by atoms with Gasteiger partial charge in [0, 0.05) is 17.8 Å². The second-order valence-electron chi connectivity index (χ2n) is 7.39. The Morgan fingerprint density at radius 1 is 1.00 bits per heavy atom. The number of rotatable bonds is 7. The van der Waals surface area contributed by atoms with Crippen molar-refractivity contribution in [2.24, 2.45) is 0 Å². The van der Waals surface area contributed by atoms with Gasteiger partial charge in [-0.2, -0.15) is 4.57 Å². The van der Waals surface area contributed by atoms with E-state index in [1.807, 2.05) is 36.7 Å². The van der Waals surface area contributed by atoms with E-state index in [0.29, 0.717) is 22.9 Å². The molecule has 0 atom stereocenters. The van der Waals surface area contributed by atoms with Crippen LogP contribution in [-0.2, 0) is 0 Å². The first kappa shape index (κ1) is 23.2. The van der Waals surface area contributed by atoms with Crippen LogP contribution in [-0.4, -0.2) is 22.5 Å². The monoisotopic (exact) mass is 451 g/mol. The third kappa shape index (κ3) is 5.42. The van der Waals surface area contributed by atoms with Crippen LogP contribution in [0.15, 0.2) is 73.1 Å². The van der Waals surface area contributed by atoms with E-state index in [2.05, 4.69) is 19.2 Å². The molecule has 0 fully saturated rings. The summed E-state index contributed by atoms with van der Waals surface area (Å²) in [6, 6.07) is 17.0. The van der Waals surface area contributed by atoms with Crippen LogP contribution in [0.1, 0.15) is 30.9 Å². The maximum atomic E-state index is 13.4. The van der Waals surface area contributed by atoms with Crippen molar-refractivity contribution in [3.8, 4) is 5.75 Å². The zero-order valence-corrected chi connectivity index (χ0v) is 18.8. The lowest BCUT2D eigenvalue weighted by Crippen LogP contribution is -2.40. The van der Waals surface area contributed by atoms with Gasteiger partial charge in [-0.25, -0.2) is 0 Å². The molecule has 0 radical (unpaired) electrons. The zero-order valence-electron chi connectivity index (χ0n) is 18.0. The van der Waals surface area contributed by atoms with Gasteiger partial charge in [0.25, 0.3) is 0 Å². The van der Waals surface area contributed by atoms with E-state index in [-0.39, 0.29) is 27.4 Å². The van der Waals surface area contributed by atoms with Crippen molar-refractivity contribution in [1.82, 2.24) is 0 Å². The molecule has 8 heteroatoms. The first-order valence-electron chi connectivity index (χ1n) is 9.96. The fraction of sp³-hybridized carbons (Fsp3) is 0.167. The van der Waals surface area contributed by atoms with Crippen LogP contribution in [0.2, 0.25) is 0 Å². The molecule has 0 aliphatic carbocycles. The number of hydrogen-bond acceptors (Lipinski definition) is 6. The molecule has 7 nitrogen and oxygen atoms in total. The highest BCUT2D eigenvalue weighted by atomic mass is 32.1. The van der Waals surface area contributed by atoms with Crippen molar-refractivity contribution in [3.05, 3.63) is 84.2 Å². The predicted octanol–water partition coefficient (Wildman–Crippen LogP) is 3.82. The number of nitrogens with zero attached hydrogens (tertiary/aromatic N) is 2. The molecule has 3 rings (SSSR count). The number of anilines is 2. The summed E-state index contributed by atoms with van der Waals surface area (Å²) in [6.07, 6.45) is 3.62. The molecule has 0 bridgehead atoms. The van der Waals surface area contributed by atoms with E-state index in [9.17, 15) is 5.11 Å². The van der Waals surface area contributed by atoms with Gasteiger partial charge < -0.3 is 15.2 Å². The molecule has 0 spiro atoms. The molecule has 0 aliphatic heterocycles. The van der Waals surface area contributed by atoms with Crippen LogP contribution in [0, 0.1) is 0 Å². The molecule has 3 aromatic rings. The quantitative estimate of drug-likeness (QED) is 0.165. The highest BCUT2D eigenvalue weighted by Gasteiger charge is 2.19. The molecule has 0 unspecified atom stereocenters. The lowest BCUT2D eigenvalue weighted by Gasteiger charge is -2.18. The summed E-state index contributed by atoms with van der Waals surface area (Å²) in [5, 5.41) is 34.9. The minimum absolute atomic E-state index is 0.00582. The number of pyridine rings is 1. The van der Waals surface area contributed by atoms with Crippen molar-refractivity contribution in [1.29, 1.82) is 0 Å². The SMILES string of the molecule is COc1ccc(NC(=S)/C(=C(\[O-])c2ccc(N(O)O)cc2)[n+]2ccc(C(C)C)cc2)cc1. The van der Waals surface area contributed by atoms with Crippen molar-refractivity contribution >= 4 is 40.0 Å². The molecule has 0 amide bonds. The van der Waals surface area contributed by atoms with Gasteiger partial charge in [-0.05, 0) is 59.2 Å². The van der Waals surface area contributed by atoms with Gasteiger partial charge in [0.15, 0.2) is 17.4 Å². The Morgan fingerprint density at radius 3 is 2.09 bits per heavy atom. The molecule has 0 aliphatic rings. The molecule has 0 saturated carbocycles. The van der Waals surface area contributed by atoms with E-state index in [1.165, 1.54) is 24.3 Å². The fourth-order valence-corrected chi connectivity index (χ4v) is 3.37. The average molecular weight is 452 g/mol. The first-order chi connectivity index (χ1) is 15.3. The van der Waals surface area contributed by atoms with Gasteiger partial charge in [-0.1, -0.05) is 38.2 Å². The third-order valence-corrected chi connectivity index (χ3v) is 5.21. The fourth-order valence-electron chi connectivity index (χ4n) is 3.06. The molecule has 2 aromatic carbocycles. The van der Waals surface area contributed by atoms with Gasteiger partial charge in [-0.3, -0.25) is 10.4 Å². The second-order valence-corrected chi connectivity index (χ2v) is 7.80. The van der Waals surface area contributed by atoms with Crippen molar-refractivity contribution in [2.75, 3.05) is 17.7 Å². The Balaban J connectivity index is 2.02. The molecule has 1 heterocycles. The summed E-state index contributed by atoms with van der Waals surface area (Å²) >= 11 is 5.62. The van der Waals surface area contributed by atoms with E-state index in [1.54, 1.807) is 23.8 Å². The van der Waals surface area contributed by atoms with Crippen LogP contribution in [0.4, 0.5) is 11.4 Å². The van der Waals surface area contributed by atoms with Crippen LogP contribution in [0.3, 0.4) is 0 Å². The summed E-state index contributed by atoms with van der Waals surface area (Å²) in [4.78, 5) is 0.248. The van der Waals surface area contributed by atoms with Gasteiger partial charge in [-0.15, -0.1) is 5.23 Å². The Hall–Kier alpha value is -3.46. The van der Waals surface area contributed by atoms with E-state index in [0.717, 1.165) is 5.56 Å². The largest absolute Gasteiger partial charge is 0.867 e. The minimum Gasteiger partial charge on any atom is -0.867 e. The van der Waals surface area contributed by atoms with Crippen molar-refractivity contribution < 1.29 is 24.8 Å². The van der Waals surface area contributed by atoms with Gasteiger partial charge >= 0.3 is 0 Å². The number of methoxy groups -OCH3 is 1. The second kappa shape index (κ2) is 10.2. The molecular weight excluding hydrogens is 426 g/mol. The Kier molecular flexibility index (Phi) is 7.42. The summed E-state index contributed by atoms with van der Waals surface area (Å²) in [6.45, 7) is 4.19. The Morgan fingerprint density at radius 2 is 1.59 bits per heavy atom. The molecule has 1 aromatic heterocycles. The Bertz CT molecular complexity index is 1090. The smallest absolute Gasteiger partial charge is 0.238 e. The molecule has 3 N–H and O–H groups in total. The summed E-state index contributed by atoms with van der Waals surface area (Å²) in [5.74, 6) is 0.746. The van der Waals surface area contributed by atoms with Crippen LogP contribution >= 0.6 is 12.2 Å². The van der Waals surface area contributed by atoms with Gasteiger partial charge in [0.05, 0.1) is 12.8 Å². The average Bonchev–Trinajstić information content (AvgIpc) is 2.80. The highest BCUT2D eigenvalue weighted by Crippen LogP contribution is 2.21. The third-order valence-electron chi connectivity index (χ3n) is 4.92. The normalized spacial score (nSPS) is 11.7. The minimum atomic E-state index is -0.313. The highest BCUT2D eigenvalue weighted by molar-refractivity contribution is 7.81. The standard InChI is InChI=1S/C24H25N3O4S/c1-16(2)17-12-14-26(15-13-17)22(23(28)18-4-8-20(9-5-18)27(29)30)24(32)25-19-6-10-21(31-3)11-7-19/h4-16,29-30H,1-3H3,(H-,25,28,32). The van der Waals surface area contributed by atoms with Gasteiger partial charge in [0.2, 0.25) is 5.70 Å². The maximum absolute atomic E-state index is 13.4. The maximum Gasteiger partial charge on any atom is 0.238 e. The molecule has 0 saturated heterocycles.